The maximum atomic E-state index is 12.8. The van der Waals surface area contributed by atoms with Crippen molar-refractivity contribution < 1.29 is 14.4 Å². The summed E-state index contributed by atoms with van der Waals surface area (Å²) in [5, 5.41) is 8.39. The van der Waals surface area contributed by atoms with Crippen LogP contribution in [0.2, 0.25) is 0 Å². The number of nitrogens with one attached hydrogen (secondary N) is 3. The number of amides is 3. The summed E-state index contributed by atoms with van der Waals surface area (Å²) in [6.45, 7) is 4.56. The first-order valence-corrected chi connectivity index (χ1v) is 9.94. The van der Waals surface area contributed by atoms with Crippen LogP contribution in [0.25, 0.3) is 0 Å². The minimum absolute atomic E-state index is 0.248. The zero-order valence-corrected chi connectivity index (χ0v) is 17.4. The molecule has 3 rings (SSSR count). The average molecular weight is 416 g/mol. The zero-order chi connectivity index (χ0) is 22.2. The van der Waals surface area contributed by atoms with Gasteiger partial charge in [0, 0.05) is 30.2 Å². The van der Waals surface area contributed by atoms with Crippen molar-refractivity contribution >= 4 is 29.1 Å². The molecule has 0 radical (unpaired) electrons. The number of para-hydroxylation sites is 1. The van der Waals surface area contributed by atoms with Crippen molar-refractivity contribution in [2.75, 3.05) is 17.2 Å². The Hall–Kier alpha value is -4.00. The molecule has 0 fully saturated rings. The third kappa shape index (κ3) is 5.99. The van der Waals surface area contributed by atoms with E-state index in [0.29, 0.717) is 40.5 Å². The standard InChI is InChI=1S/C24H24N4O3/c1-16(2)14-26-24(31)20-10-3-4-11-21(20)28-22(29)17-7-5-9-19(13-17)27-23(30)18-8-6-12-25-15-18/h3-13,15-16H,14H2,1-2H3,(H,26,31)(H,27,30)(H,28,29). The van der Waals surface area contributed by atoms with E-state index in [9.17, 15) is 14.4 Å². The van der Waals surface area contributed by atoms with Crippen LogP contribution >= 0.6 is 0 Å². The molecule has 0 aliphatic carbocycles. The van der Waals surface area contributed by atoms with Crippen LogP contribution in [0.15, 0.2) is 73.1 Å². The zero-order valence-electron chi connectivity index (χ0n) is 17.4. The second kappa shape index (κ2) is 10.2. The van der Waals surface area contributed by atoms with Gasteiger partial charge in [0.1, 0.15) is 0 Å². The molecule has 0 saturated carbocycles. The fourth-order valence-electron chi connectivity index (χ4n) is 2.82. The highest BCUT2D eigenvalue weighted by molar-refractivity contribution is 6.10. The van der Waals surface area contributed by atoms with E-state index in [1.807, 2.05) is 13.8 Å². The number of carbonyl (C=O) groups excluding carboxylic acids is 3. The molecule has 0 aliphatic rings. The van der Waals surface area contributed by atoms with E-state index < -0.39 is 0 Å². The predicted molar refractivity (Wildman–Crippen MR) is 120 cm³/mol. The molecule has 7 heteroatoms. The van der Waals surface area contributed by atoms with E-state index in [4.69, 9.17) is 0 Å². The number of anilines is 2. The molecule has 1 heterocycles. The van der Waals surface area contributed by atoms with Gasteiger partial charge in [0.2, 0.25) is 0 Å². The second-order valence-corrected chi connectivity index (χ2v) is 7.38. The normalized spacial score (nSPS) is 10.4. The molecular formula is C24H24N4O3. The van der Waals surface area contributed by atoms with Crippen LogP contribution in [0.4, 0.5) is 11.4 Å². The number of nitrogens with zero attached hydrogens (tertiary/aromatic N) is 1. The minimum Gasteiger partial charge on any atom is -0.352 e. The monoisotopic (exact) mass is 416 g/mol. The Morgan fingerprint density at radius 3 is 2.32 bits per heavy atom. The molecule has 7 nitrogen and oxygen atoms in total. The van der Waals surface area contributed by atoms with Crippen LogP contribution in [0, 0.1) is 5.92 Å². The smallest absolute Gasteiger partial charge is 0.257 e. The molecule has 1 aromatic heterocycles. The summed E-state index contributed by atoms with van der Waals surface area (Å²) >= 11 is 0. The van der Waals surface area contributed by atoms with Crippen LogP contribution in [0.5, 0.6) is 0 Å². The SMILES string of the molecule is CC(C)CNC(=O)c1ccccc1NC(=O)c1cccc(NC(=O)c2cccnc2)c1. The first-order chi connectivity index (χ1) is 14.9. The topological polar surface area (TPSA) is 100 Å². The average Bonchev–Trinajstić information content (AvgIpc) is 2.78. The number of pyridine rings is 1. The molecule has 0 aliphatic heterocycles. The van der Waals surface area contributed by atoms with Crippen molar-refractivity contribution in [2.24, 2.45) is 5.92 Å². The highest BCUT2D eigenvalue weighted by atomic mass is 16.2. The Morgan fingerprint density at radius 1 is 0.839 bits per heavy atom. The Balaban J connectivity index is 1.72. The quantitative estimate of drug-likeness (QED) is 0.542. The summed E-state index contributed by atoms with van der Waals surface area (Å²) in [6.07, 6.45) is 3.05. The molecule has 158 valence electrons. The second-order valence-electron chi connectivity index (χ2n) is 7.38. The van der Waals surface area contributed by atoms with Gasteiger partial charge >= 0.3 is 0 Å². The Labute approximate surface area is 180 Å². The highest BCUT2D eigenvalue weighted by Crippen LogP contribution is 2.18. The summed E-state index contributed by atoms with van der Waals surface area (Å²) in [4.78, 5) is 41.5. The number of carbonyl (C=O) groups is 3. The molecule has 3 aromatic rings. The van der Waals surface area contributed by atoms with Crippen molar-refractivity contribution in [3.8, 4) is 0 Å². The van der Waals surface area contributed by atoms with Crippen LogP contribution < -0.4 is 16.0 Å². The largest absolute Gasteiger partial charge is 0.352 e. The fraction of sp³-hybridized carbons (Fsp3) is 0.167. The van der Waals surface area contributed by atoms with Crippen molar-refractivity contribution in [1.29, 1.82) is 0 Å². The third-order valence-electron chi connectivity index (χ3n) is 4.40. The summed E-state index contributed by atoms with van der Waals surface area (Å²) in [5.74, 6) is -0.642. The van der Waals surface area contributed by atoms with Crippen LogP contribution in [-0.2, 0) is 0 Å². The van der Waals surface area contributed by atoms with E-state index in [-0.39, 0.29) is 17.7 Å². The van der Waals surface area contributed by atoms with Gasteiger partial charge in [0.25, 0.3) is 17.7 Å². The number of hydrogen-bond donors (Lipinski definition) is 3. The summed E-state index contributed by atoms with van der Waals surface area (Å²) in [7, 11) is 0. The van der Waals surface area contributed by atoms with Crippen molar-refractivity contribution in [3.63, 3.8) is 0 Å². The van der Waals surface area contributed by atoms with Gasteiger partial charge < -0.3 is 16.0 Å². The van der Waals surface area contributed by atoms with E-state index in [2.05, 4.69) is 20.9 Å². The number of rotatable bonds is 7. The Kier molecular flexibility index (Phi) is 7.11. The molecule has 0 atom stereocenters. The van der Waals surface area contributed by atoms with E-state index >= 15 is 0 Å². The molecule has 3 amide bonds. The molecule has 2 aromatic carbocycles. The summed E-state index contributed by atoms with van der Waals surface area (Å²) in [5.41, 5.74) is 2.04. The fourth-order valence-corrected chi connectivity index (χ4v) is 2.82. The molecule has 31 heavy (non-hydrogen) atoms. The van der Waals surface area contributed by atoms with Gasteiger partial charge in [-0.15, -0.1) is 0 Å². The molecule has 0 saturated heterocycles. The molecule has 0 bridgehead atoms. The van der Waals surface area contributed by atoms with Crippen LogP contribution in [0.3, 0.4) is 0 Å². The van der Waals surface area contributed by atoms with Gasteiger partial charge in [-0.05, 0) is 48.4 Å². The van der Waals surface area contributed by atoms with Crippen molar-refractivity contribution in [3.05, 3.63) is 89.7 Å². The van der Waals surface area contributed by atoms with E-state index in [1.54, 1.807) is 66.9 Å². The van der Waals surface area contributed by atoms with Crippen LogP contribution in [-0.4, -0.2) is 29.3 Å². The first-order valence-electron chi connectivity index (χ1n) is 9.94. The predicted octanol–water partition coefficient (Wildman–Crippen LogP) is 3.97. The number of benzene rings is 2. The van der Waals surface area contributed by atoms with Crippen molar-refractivity contribution in [2.45, 2.75) is 13.8 Å². The number of aromatic nitrogens is 1. The lowest BCUT2D eigenvalue weighted by atomic mass is 10.1. The molecular weight excluding hydrogens is 392 g/mol. The van der Waals surface area contributed by atoms with E-state index in [0.717, 1.165) is 0 Å². The van der Waals surface area contributed by atoms with Gasteiger partial charge in [-0.3, -0.25) is 19.4 Å². The number of hydrogen-bond acceptors (Lipinski definition) is 4. The Bertz CT molecular complexity index is 1080. The van der Waals surface area contributed by atoms with Gasteiger partial charge in [0.15, 0.2) is 0 Å². The highest BCUT2D eigenvalue weighted by Gasteiger charge is 2.15. The Morgan fingerprint density at radius 2 is 1.58 bits per heavy atom. The van der Waals surface area contributed by atoms with Gasteiger partial charge in [0.05, 0.1) is 16.8 Å². The lowest BCUT2D eigenvalue weighted by Crippen LogP contribution is -2.28. The summed E-state index contributed by atoms with van der Waals surface area (Å²) < 4.78 is 0. The van der Waals surface area contributed by atoms with Gasteiger partial charge in [-0.25, -0.2) is 0 Å². The maximum Gasteiger partial charge on any atom is 0.257 e. The third-order valence-corrected chi connectivity index (χ3v) is 4.40. The molecule has 0 spiro atoms. The van der Waals surface area contributed by atoms with Gasteiger partial charge in [-0.2, -0.15) is 0 Å². The molecule has 3 N–H and O–H groups in total. The summed E-state index contributed by atoms with van der Waals surface area (Å²) in [6, 6.07) is 16.7. The lowest BCUT2D eigenvalue weighted by Gasteiger charge is -2.13. The van der Waals surface area contributed by atoms with Crippen molar-refractivity contribution in [1.82, 2.24) is 10.3 Å². The first kappa shape index (κ1) is 21.7. The molecule has 0 unspecified atom stereocenters. The van der Waals surface area contributed by atoms with Crippen LogP contribution in [0.1, 0.15) is 44.9 Å². The lowest BCUT2D eigenvalue weighted by molar-refractivity contribution is 0.0949. The minimum atomic E-state index is -0.387. The maximum absolute atomic E-state index is 12.8. The van der Waals surface area contributed by atoms with E-state index in [1.165, 1.54) is 6.20 Å². The van der Waals surface area contributed by atoms with Gasteiger partial charge in [-0.1, -0.05) is 32.0 Å².